The average molecular weight is 249 g/mol. The van der Waals surface area contributed by atoms with Crippen molar-refractivity contribution in [1.82, 2.24) is 0 Å². The van der Waals surface area contributed by atoms with Crippen LogP contribution in [0.3, 0.4) is 0 Å². The fourth-order valence-corrected chi connectivity index (χ4v) is 2.80. The summed E-state index contributed by atoms with van der Waals surface area (Å²) >= 11 is 0. The zero-order valence-corrected chi connectivity index (χ0v) is 11.3. The molecule has 0 amide bonds. The van der Waals surface area contributed by atoms with Crippen LogP contribution in [-0.2, 0) is 0 Å². The number of para-hydroxylation sites is 2. The van der Waals surface area contributed by atoms with Crippen LogP contribution in [0.25, 0.3) is 5.57 Å². The Morgan fingerprint density at radius 1 is 1.00 bits per heavy atom. The first-order valence-electron chi connectivity index (χ1n) is 7.01. The van der Waals surface area contributed by atoms with Gasteiger partial charge in [0.05, 0.1) is 0 Å². The SMILES string of the molecule is CC/C=C1\CCN(c2ccccc2)c2ccccc21. The first kappa shape index (κ1) is 12.0. The molecule has 0 N–H and O–H groups in total. The summed E-state index contributed by atoms with van der Waals surface area (Å²) in [5.41, 5.74) is 5.50. The molecule has 0 spiro atoms. The molecule has 0 radical (unpaired) electrons. The third-order valence-corrected chi connectivity index (χ3v) is 3.66. The second-order valence-electron chi connectivity index (χ2n) is 4.89. The number of benzene rings is 2. The Bertz CT molecular complexity index is 584. The van der Waals surface area contributed by atoms with Gasteiger partial charge in [0, 0.05) is 23.5 Å². The van der Waals surface area contributed by atoms with Gasteiger partial charge in [-0.3, -0.25) is 0 Å². The van der Waals surface area contributed by atoms with Gasteiger partial charge in [-0.2, -0.15) is 0 Å². The highest BCUT2D eigenvalue weighted by Gasteiger charge is 2.20. The van der Waals surface area contributed by atoms with Crippen molar-refractivity contribution in [1.29, 1.82) is 0 Å². The van der Waals surface area contributed by atoms with Crippen LogP contribution in [0.5, 0.6) is 0 Å². The number of anilines is 2. The van der Waals surface area contributed by atoms with Crippen molar-refractivity contribution >= 4 is 16.9 Å². The molecule has 3 rings (SSSR count). The van der Waals surface area contributed by atoms with Crippen LogP contribution in [0.4, 0.5) is 11.4 Å². The number of rotatable bonds is 2. The van der Waals surface area contributed by atoms with Crippen molar-refractivity contribution in [2.24, 2.45) is 0 Å². The molecule has 0 saturated heterocycles. The minimum atomic E-state index is 1.06. The maximum absolute atomic E-state index is 2.42. The summed E-state index contributed by atoms with van der Waals surface area (Å²) in [5.74, 6) is 0. The maximum Gasteiger partial charge on any atom is 0.0487 e. The summed E-state index contributed by atoms with van der Waals surface area (Å²) in [6, 6.07) is 19.4. The second kappa shape index (κ2) is 5.31. The second-order valence-corrected chi connectivity index (χ2v) is 4.89. The largest absolute Gasteiger partial charge is 0.341 e. The van der Waals surface area contributed by atoms with E-state index in [4.69, 9.17) is 0 Å². The Kier molecular flexibility index (Phi) is 3.37. The van der Waals surface area contributed by atoms with Gasteiger partial charge >= 0.3 is 0 Å². The molecule has 2 aromatic carbocycles. The molecule has 1 heterocycles. The number of nitrogens with zero attached hydrogens (tertiary/aromatic N) is 1. The third kappa shape index (κ3) is 2.28. The first-order valence-corrected chi connectivity index (χ1v) is 7.01. The lowest BCUT2D eigenvalue weighted by atomic mass is 9.94. The van der Waals surface area contributed by atoms with E-state index in [2.05, 4.69) is 72.5 Å². The predicted molar refractivity (Wildman–Crippen MR) is 82.8 cm³/mol. The van der Waals surface area contributed by atoms with Gasteiger partial charge in [0.2, 0.25) is 0 Å². The molecule has 0 aliphatic carbocycles. The third-order valence-electron chi connectivity index (χ3n) is 3.66. The van der Waals surface area contributed by atoms with Gasteiger partial charge in [-0.25, -0.2) is 0 Å². The molecule has 0 bridgehead atoms. The van der Waals surface area contributed by atoms with Crippen LogP contribution in [-0.4, -0.2) is 6.54 Å². The molecule has 0 saturated carbocycles. The number of hydrogen-bond donors (Lipinski definition) is 0. The lowest BCUT2D eigenvalue weighted by Crippen LogP contribution is -2.23. The highest BCUT2D eigenvalue weighted by atomic mass is 15.1. The number of hydrogen-bond acceptors (Lipinski definition) is 1. The molecule has 0 aromatic heterocycles. The molecule has 1 nitrogen and oxygen atoms in total. The molecule has 1 aliphatic heterocycles. The van der Waals surface area contributed by atoms with E-state index in [9.17, 15) is 0 Å². The maximum atomic E-state index is 2.42. The molecule has 96 valence electrons. The van der Waals surface area contributed by atoms with E-state index in [0.29, 0.717) is 0 Å². The van der Waals surface area contributed by atoms with Crippen LogP contribution in [0.15, 0.2) is 60.7 Å². The zero-order chi connectivity index (χ0) is 13.1. The first-order chi connectivity index (χ1) is 9.40. The molecule has 1 aliphatic rings. The van der Waals surface area contributed by atoms with E-state index < -0.39 is 0 Å². The van der Waals surface area contributed by atoms with Gasteiger partial charge < -0.3 is 4.90 Å². The fourth-order valence-electron chi connectivity index (χ4n) is 2.80. The van der Waals surface area contributed by atoms with Gasteiger partial charge in [-0.1, -0.05) is 49.4 Å². The van der Waals surface area contributed by atoms with Crippen molar-refractivity contribution in [3.63, 3.8) is 0 Å². The minimum absolute atomic E-state index is 1.06. The molecule has 19 heavy (non-hydrogen) atoms. The van der Waals surface area contributed by atoms with Crippen LogP contribution in [0.1, 0.15) is 25.3 Å². The Morgan fingerprint density at radius 3 is 2.53 bits per heavy atom. The van der Waals surface area contributed by atoms with Crippen LogP contribution in [0.2, 0.25) is 0 Å². The van der Waals surface area contributed by atoms with E-state index in [1.54, 1.807) is 0 Å². The lowest BCUT2D eigenvalue weighted by molar-refractivity contribution is 0.919. The van der Waals surface area contributed by atoms with Crippen LogP contribution >= 0.6 is 0 Å². The van der Waals surface area contributed by atoms with Gasteiger partial charge in [0.25, 0.3) is 0 Å². The highest BCUT2D eigenvalue weighted by molar-refractivity contribution is 5.83. The molecule has 0 fully saturated rings. The van der Waals surface area contributed by atoms with Crippen molar-refractivity contribution in [2.75, 3.05) is 11.4 Å². The normalized spacial score (nSPS) is 16.5. The molecular formula is C18H19N. The van der Waals surface area contributed by atoms with Crippen molar-refractivity contribution in [3.05, 3.63) is 66.2 Å². The molecule has 0 atom stereocenters. The van der Waals surface area contributed by atoms with Gasteiger partial charge in [0.15, 0.2) is 0 Å². The van der Waals surface area contributed by atoms with Crippen LogP contribution < -0.4 is 4.90 Å². The quantitative estimate of drug-likeness (QED) is 0.722. The summed E-state index contributed by atoms with van der Waals surface area (Å²) in [6.45, 7) is 3.27. The van der Waals surface area contributed by atoms with E-state index in [1.807, 2.05) is 0 Å². The van der Waals surface area contributed by atoms with Crippen molar-refractivity contribution < 1.29 is 0 Å². The topological polar surface area (TPSA) is 3.24 Å². The predicted octanol–water partition coefficient (Wildman–Crippen LogP) is 5.02. The average Bonchev–Trinajstić information content (AvgIpc) is 2.49. The highest BCUT2D eigenvalue weighted by Crippen LogP contribution is 2.38. The Hall–Kier alpha value is -2.02. The van der Waals surface area contributed by atoms with Gasteiger partial charge in [-0.15, -0.1) is 0 Å². The molecule has 1 heteroatoms. The summed E-state index contributed by atoms with van der Waals surface area (Å²) in [7, 11) is 0. The Labute approximate surface area is 115 Å². The number of fused-ring (bicyclic) bond motifs is 1. The van der Waals surface area contributed by atoms with Gasteiger partial charge in [-0.05, 0) is 36.6 Å². The lowest BCUT2D eigenvalue weighted by Gasteiger charge is -2.32. The van der Waals surface area contributed by atoms with E-state index in [1.165, 1.54) is 22.5 Å². The summed E-state index contributed by atoms with van der Waals surface area (Å²) in [5, 5.41) is 0. The molecule has 2 aromatic rings. The molecule has 0 unspecified atom stereocenters. The zero-order valence-electron chi connectivity index (χ0n) is 11.3. The van der Waals surface area contributed by atoms with Crippen LogP contribution in [0, 0.1) is 0 Å². The minimum Gasteiger partial charge on any atom is -0.341 e. The smallest absolute Gasteiger partial charge is 0.0487 e. The summed E-state index contributed by atoms with van der Waals surface area (Å²) in [4.78, 5) is 2.42. The van der Waals surface area contributed by atoms with E-state index in [0.717, 1.165) is 19.4 Å². The van der Waals surface area contributed by atoms with E-state index >= 15 is 0 Å². The summed E-state index contributed by atoms with van der Waals surface area (Å²) < 4.78 is 0. The monoisotopic (exact) mass is 249 g/mol. The van der Waals surface area contributed by atoms with Crippen molar-refractivity contribution in [2.45, 2.75) is 19.8 Å². The number of allylic oxidation sites excluding steroid dienone is 1. The van der Waals surface area contributed by atoms with Gasteiger partial charge in [0.1, 0.15) is 0 Å². The Morgan fingerprint density at radius 2 is 1.74 bits per heavy atom. The standard InChI is InChI=1S/C18H19N/c1-2-8-15-13-14-19(16-9-4-3-5-10-16)18-12-7-6-11-17(15)18/h3-12H,2,13-14H2,1H3/b15-8+. The fraction of sp³-hybridized carbons (Fsp3) is 0.222. The molecular weight excluding hydrogens is 230 g/mol. The summed E-state index contributed by atoms with van der Waals surface area (Å²) in [6.07, 6.45) is 4.59. The Balaban J connectivity index is 2.07. The van der Waals surface area contributed by atoms with E-state index in [-0.39, 0.29) is 0 Å². The van der Waals surface area contributed by atoms with Crippen molar-refractivity contribution in [3.8, 4) is 0 Å².